The van der Waals surface area contributed by atoms with Crippen molar-refractivity contribution in [3.8, 4) is 11.5 Å². The molecular weight excluding hydrogens is 470 g/mol. The van der Waals surface area contributed by atoms with E-state index in [9.17, 15) is 13.2 Å². The average molecular weight is 500 g/mol. The van der Waals surface area contributed by atoms with E-state index in [1.54, 1.807) is 26.8 Å². The third-order valence-corrected chi connectivity index (χ3v) is 8.85. The van der Waals surface area contributed by atoms with E-state index >= 15 is 0 Å². The molecule has 6 nitrogen and oxygen atoms in total. The predicted octanol–water partition coefficient (Wildman–Crippen LogP) is 6.16. The second kappa shape index (κ2) is 11.1. The van der Waals surface area contributed by atoms with Crippen molar-refractivity contribution >= 4 is 27.9 Å². The molecule has 0 fully saturated rings. The van der Waals surface area contributed by atoms with E-state index in [0.29, 0.717) is 16.9 Å². The van der Waals surface area contributed by atoms with Crippen LogP contribution in [0.2, 0.25) is 0 Å². The Bertz CT molecular complexity index is 1250. The van der Waals surface area contributed by atoms with Crippen LogP contribution >= 0.6 is 11.9 Å². The fourth-order valence-corrected chi connectivity index (χ4v) is 6.01. The van der Waals surface area contributed by atoms with Gasteiger partial charge in [-0.3, -0.25) is 0 Å². The summed E-state index contributed by atoms with van der Waals surface area (Å²) in [5.41, 5.74) is 2.88. The monoisotopic (exact) mass is 499 g/mol. The lowest BCUT2D eigenvalue weighted by atomic mass is 10.0. The number of aryl methyl sites for hydroxylation is 2. The fraction of sp³-hybridized carbons (Fsp3) is 0.269. The maximum Gasteiger partial charge on any atom is 0.338 e. The van der Waals surface area contributed by atoms with Crippen LogP contribution in [0.1, 0.15) is 40.9 Å². The van der Waals surface area contributed by atoms with Gasteiger partial charge >= 0.3 is 5.97 Å². The van der Waals surface area contributed by atoms with Crippen molar-refractivity contribution in [2.24, 2.45) is 0 Å². The van der Waals surface area contributed by atoms with Gasteiger partial charge in [0, 0.05) is 11.4 Å². The maximum absolute atomic E-state index is 13.4. The molecule has 0 N–H and O–H groups in total. The lowest BCUT2D eigenvalue weighted by molar-refractivity contribution is 0.0599. The molecule has 0 aliphatic carbocycles. The molecule has 0 atom stereocenters. The predicted molar refractivity (Wildman–Crippen MR) is 135 cm³/mol. The molecule has 0 spiro atoms. The van der Waals surface area contributed by atoms with Crippen molar-refractivity contribution in [3.63, 3.8) is 0 Å². The number of carbonyl (C=O) groups excluding carboxylic acids is 1. The first kappa shape index (κ1) is 25.8. The van der Waals surface area contributed by atoms with Gasteiger partial charge in [0.05, 0.1) is 17.6 Å². The Morgan fingerprint density at radius 1 is 0.941 bits per heavy atom. The van der Waals surface area contributed by atoms with Gasteiger partial charge in [0.1, 0.15) is 11.5 Å². The van der Waals surface area contributed by atoms with Crippen LogP contribution in [0, 0.1) is 13.8 Å². The second-order valence-electron chi connectivity index (χ2n) is 7.69. The largest absolute Gasteiger partial charge is 0.465 e. The fourth-order valence-electron chi connectivity index (χ4n) is 3.31. The molecule has 3 rings (SSSR count). The highest BCUT2D eigenvalue weighted by Gasteiger charge is 2.27. The Hall–Kier alpha value is -2.81. The molecule has 0 aliphatic heterocycles. The van der Waals surface area contributed by atoms with E-state index in [4.69, 9.17) is 9.47 Å². The third-order valence-electron chi connectivity index (χ3n) is 5.47. The summed E-state index contributed by atoms with van der Waals surface area (Å²) in [7, 11) is -2.58. The minimum absolute atomic E-state index is 0.0563. The summed E-state index contributed by atoms with van der Waals surface area (Å²) in [4.78, 5) is 12.9. The first-order chi connectivity index (χ1) is 16.2. The van der Waals surface area contributed by atoms with Gasteiger partial charge in [0.25, 0.3) is 10.0 Å². The number of hydrogen-bond acceptors (Lipinski definition) is 6. The summed E-state index contributed by atoms with van der Waals surface area (Å²) >= 11 is 1.11. The summed E-state index contributed by atoms with van der Waals surface area (Å²) in [5, 5.41) is 0. The van der Waals surface area contributed by atoms with Crippen LogP contribution < -0.4 is 4.74 Å². The zero-order chi connectivity index (χ0) is 24.9. The number of hydrogen-bond donors (Lipinski definition) is 0. The number of esters is 1. The third kappa shape index (κ3) is 5.81. The number of carbonyl (C=O) groups is 1. The van der Waals surface area contributed by atoms with Crippen molar-refractivity contribution < 1.29 is 22.7 Å². The van der Waals surface area contributed by atoms with Crippen molar-refractivity contribution in [2.45, 2.75) is 43.9 Å². The molecule has 0 aromatic heterocycles. The molecule has 3 aromatic rings. The smallest absolute Gasteiger partial charge is 0.338 e. The summed E-state index contributed by atoms with van der Waals surface area (Å²) in [6.45, 7) is 7.66. The maximum atomic E-state index is 13.4. The molecule has 0 unspecified atom stereocenters. The molecule has 0 bridgehead atoms. The van der Waals surface area contributed by atoms with Gasteiger partial charge in [-0.15, -0.1) is 3.71 Å². The molecule has 0 saturated heterocycles. The van der Waals surface area contributed by atoms with E-state index in [-0.39, 0.29) is 17.0 Å². The van der Waals surface area contributed by atoms with Crippen molar-refractivity contribution in [3.05, 3.63) is 82.9 Å². The van der Waals surface area contributed by atoms with Crippen LogP contribution in [0.4, 0.5) is 0 Å². The van der Waals surface area contributed by atoms with Crippen molar-refractivity contribution in [1.29, 1.82) is 0 Å². The lowest BCUT2D eigenvalue weighted by Crippen LogP contribution is -2.25. The highest BCUT2D eigenvalue weighted by Crippen LogP contribution is 2.32. The summed E-state index contributed by atoms with van der Waals surface area (Å²) in [6, 6.07) is 18.1. The number of nitrogens with zero attached hydrogens (tertiary/aromatic N) is 1. The number of methoxy groups -OCH3 is 1. The Labute approximate surface area is 206 Å². The van der Waals surface area contributed by atoms with E-state index in [2.05, 4.69) is 6.92 Å². The van der Waals surface area contributed by atoms with E-state index in [0.717, 1.165) is 29.0 Å². The van der Waals surface area contributed by atoms with Gasteiger partial charge in [0.2, 0.25) is 0 Å². The molecule has 34 heavy (non-hydrogen) atoms. The molecule has 180 valence electrons. The van der Waals surface area contributed by atoms with Crippen molar-refractivity contribution in [2.75, 3.05) is 13.7 Å². The summed E-state index contributed by atoms with van der Waals surface area (Å²) < 4.78 is 38.8. The van der Waals surface area contributed by atoms with Crippen LogP contribution in [-0.2, 0) is 21.2 Å². The topological polar surface area (TPSA) is 72.9 Å². The molecule has 8 heteroatoms. The van der Waals surface area contributed by atoms with Crippen LogP contribution in [0.3, 0.4) is 0 Å². The standard InChI is InChI=1S/C26H29NO5S2/c1-6-20-8-10-21(11-9-20)32-22-12-14-23(15-13-22)33-27(7-2)34(29,30)24-16-18(3)19(4)25(17-24)26(28)31-5/h8-17H,6-7H2,1-5H3. The number of ether oxygens (including phenoxy) is 2. The molecule has 0 amide bonds. The number of rotatable bonds is 9. The molecule has 3 aromatic carbocycles. The van der Waals surface area contributed by atoms with Gasteiger partial charge in [-0.25, -0.2) is 13.2 Å². The van der Waals surface area contributed by atoms with Crippen LogP contribution in [0.25, 0.3) is 0 Å². The molecule has 0 heterocycles. The number of benzene rings is 3. The summed E-state index contributed by atoms with van der Waals surface area (Å²) in [6.07, 6.45) is 0.967. The van der Waals surface area contributed by atoms with Gasteiger partial charge in [-0.2, -0.15) is 0 Å². The molecule has 0 saturated carbocycles. The quantitative estimate of drug-likeness (QED) is 0.259. The zero-order valence-electron chi connectivity index (χ0n) is 20.0. The van der Waals surface area contributed by atoms with Crippen molar-refractivity contribution in [1.82, 2.24) is 3.71 Å². The summed E-state index contributed by atoms with van der Waals surface area (Å²) in [5.74, 6) is 0.844. The Morgan fingerprint density at radius 3 is 2.06 bits per heavy atom. The highest BCUT2D eigenvalue weighted by molar-refractivity contribution is 8.08. The highest BCUT2D eigenvalue weighted by atomic mass is 32.3. The van der Waals surface area contributed by atoms with E-state index in [1.807, 2.05) is 48.5 Å². The Kier molecular flexibility index (Phi) is 8.41. The minimum atomic E-state index is -3.86. The SMILES string of the molecule is CCc1ccc(Oc2ccc(SN(CC)S(=O)(=O)c3cc(C)c(C)c(C(=O)OC)c3)cc2)cc1. The molecule has 0 radical (unpaired) electrons. The molecule has 0 aliphatic rings. The van der Waals surface area contributed by atoms with Gasteiger partial charge in [0.15, 0.2) is 0 Å². The minimum Gasteiger partial charge on any atom is -0.465 e. The van der Waals surface area contributed by atoms with E-state index < -0.39 is 16.0 Å². The van der Waals surface area contributed by atoms with Gasteiger partial charge < -0.3 is 9.47 Å². The second-order valence-corrected chi connectivity index (χ2v) is 10.9. The van der Waals surface area contributed by atoms with E-state index in [1.165, 1.54) is 22.5 Å². The van der Waals surface area contributed by atoms with Gasteiger partial charge in [-0.1, -0.05) is 26.0 Å². The lowest BCUT2D eigenvalue weighted by Gasteiger charge is -2.20. The van der Waals surface area contributed by atoms with Crippen LogP contribution in [-0.4, -0.2) is 31.8 Å². The Balaban J connectivity index is 1.80. The van der Waals surface area contributed by atoms with Crippen LogP contribution in [0.15, 0.2) is 70.5 Å². The number of sulfonamides is 1. The normalized spacial score (nSPS) is 11.5. The van der Waals surface area contributed by atoms with Gasteiger partial charge in [-0.05, 0) is 97.4 Å². The first-order valence-electron chi connectivity index (χ1n) is 11.0. The Morgan fingerprint density at radius 2 is 1.53 bits per heavy atom. The zero-order valence-corrected chi connectivity index (χ0v) is 21.6. The average Bonchev–Trinajstić information content (AvgIpc) is 2.84. The molecular formula is C26H29NO5S2. The first-order valence-corrected chi connectivity index (χ1v) is 13.2. The van der Waals surface area contributed by atoms with Crippen LogP contribution in [0.5, 0.6) is 11.5 Å².